The summed E-state index contributed by atoms with van der Waals surface area (Å²) in [5.41, 5.74) is 3.30. The van der Waals surface area contributed by atoms with Crippen LogP contribution in [0.4, 0.5) is 5.69 Å². The highest BCUT2D eigenvalue weighted by Crippen LogP contribution is 2.56. The van der Waals surface area contributed by atoms with E-state index in [0.717, 1.165) is 35.9 Å². The van der Waals surface area contributed by atoms with E-state index in [1.807, 2.05) is 31.2 Å². The van der Waals surface area contributed by atoms with Gasteiger partial charge in [0.2, 0.25) is 0 Å². The largest absolute Gasteiger partial charge is 0.508 e. The topological polar surface area (TPSA) is 118 Å². The van der Waals surface area contributed by atoms with Crippen molar-refractivity contribution in [1.29, 1.82) is 0 Å². The van der Waals surface area contributed by atoms with Crippen LogP contribution in [0, 0.1) is 11.8 Å². The second-order valence-electron chi connectivity index (χ2n) is 13.4. The Bertz CT molecular complexity index is 1400. The molecule has 1 saturated carbocycles. The highest BCUT2D eigenvalue weighted by molar-refractivity contribution is 6.76. The number of rotatable bonds is 11. The maximum Gasteiger partial charge on any atom is 0.310 e. The van der Waals surface area contributed by atoms with Crippen LogP contribution in [0.15, 0.2) is 53.7 Å². The number of hydrogen-bond acceptors (Lipinski definition) is 9. The van der Waals surface area contributed by atoms with Gasteiger partial charge in [-0.1, -0.05) is 56.0 Å². The van der Waals surface area contributed by atoms with E-state index in [4.69, 9.17) is 14.3 Å². The molecule has 2 aromatic rings. The first-order chi connectivity index (χ1) is 21.6. The Morgan fingerprint density at radius 3 is 2.29 bits per heavy atom. The predicted molar refractivity (Wildman–Crippen MR) is 174 cm³/mol. The first-order valence-electron chi connectivity index (χ1n) is 16.0. The first kappa shape index (κ1) is 32.5. The molecule has 4 atom stereocenters. The van der Waals surface area contributed by atoms with Crippen LogP contribution in [-0.2, 0) is 28.7 Å². The number of anilines is 1. The SMILES string of the molecule is CCCOC(=O)[C@H]1[C@H](C(=O)OCC[Si](C)(C)C)C2CC(=NOCC(=O)N3CCN(c4ccccc4)CC3)[C@H]1c1cc(O)ccc12. The van der Waals surface area contributed by atoms with Crippen molar-refractivity contribution < 1.29 is 33.8 Å². The maximum atomic E-state index is 13.6. The van der Waals surface area contributed by atoms with E-state index in [-0.39, 0.29) is 24.9 Å². The van der Waals surface area contributed by atoms with E-state index in [2.05, 4.69) is 41.8 Å². The highest BCUT2D eigenvalue weighted by atomic mass is 28.3. The van der Waals surface area contributed by atoms with Crippen LogP contribution >= 0.6 is 0 Å². The summed E-state index contributed by atoms with van der Waals surface area (Å²) < 4.78 is 11.4. The molecule has 10 nitrogen and oxygen atoms in total. The van der Waals surface area contributed by atoms with Crippen LogP contribution in [0.25, 0.3) is 0 Å². The van der Waals surface area contributed by atoms with Gasteiger partial charge in [-0.15, -0.1) is 0 Å². The molecule has 0 radical (unpaired) electrons. The van der Waals surface area contributed by atoms with Gasteiger partial charge >= 0.3 is 11.9 Å². The number of fused-ring (bicyclic) bond motifs is 2. The lowest BCUT2D eigenvalue weighted by Crippen LogP contribution is -2.51. The lowest BCUT2D eigenvalue weighted by Gasteiger charge is -2.47. The molecule has 1 amide bonds. The second kappa shape index (κ2) is 14.1. The van der Waals surface area contributed by atoms with Crippen molar-refractivity contribution >= 4 is 37.3 Å². The number of aromatic hydroxyl groups is 1. The normalized spacial score (nSPS) is 23.4. The van der Waals surface area contributed by atoms with Crippen molar-refractivity contribution in [3.8, 4) is 5.75 Å². The molecule has 1 aliphatic heterocycles. The van der Waals surface area contributed by atoms with E-state index in [1.54, 1.807) is 17.0 Å². The number of phenolic OH excluding ortho intramolecular Hbond substituents is 1. The smallest absolute Gasteiger partial charge is 0.310 e. The van der Waals surface area contributed by atoms with E-state index in [1.165, 1.54) is 0 Å². The summed E-state index contributed by atoms with van der Waals surface area (Å²) in [7, 11) is -1.44. The Morgan fingerprint density at radius 2 is 1.60 bits per heavy atom. The minimum absolute atomic E-state index is 0.0568. The Kier molecular flexibility index (Phi) is 10.2. The van der Waals surface area contributed by atoms with Gasteiger partial charge in [0.05, 0.1) is 30.8 Å². The van der Waals surface area contributed by atoms with Crippen LogP contribution in [0.1, 0.15) is 42.7 Å². The number of phenols is 1. The number of ether oxygens (including phenoxy) is 2. The molecule has 1 saturated heterocycles. The van der Waals surface area contributed by atoms with Crippen LogP contribution in [-0.4, -0.2) is 87.6 Å². The molecule has 11 heteroatoms. The fourth-order valence-corrected chi connectivity index (χ4v) is 7.36. The lowest BCUT2D eigenvalue weighted by molar-refractivity contribution is -0.163. The Morgan fingerprint density at radius 1 is 0.911 bits per heavy atom. The second-order valence-corrected chi connectivity index (χ2v) is 19.0. The van der Waals surface area contributed by atoms with Crippen LogP contribution in [0.5, 0.6) is 5.75 Å². The van der Waals surface area contributed by atoms with Gasteiger partial charge in [0, 0.05) is 51.8 Å². The van der Waals surface area contributed by atoms with Gasteiger partial charge in [-0.05, 0) is 54.3 Å². The zero-order valence-corrected chi connectivity index (χ0v) is 27.7. The number of carbonyl (C=O) groups is 3. The van der Waals surface area contributed by atoms with Gasteiger partial charge < -0.3 is 29.2 Å². The molecule has 1 unspecified atom stereocenters. The third-order valence-electron chi connectivity index (χ3n) is 8.99. The number of oxime groups is 1. The summed E-state index contributed by atoms with van der Waals surface area (Å²) in [5, 5.41) is 14.8. The van der Waals surface area contributed by atoms with Gasteiger partial charge in [0.1, 0.15) is 5.75 Å². The van der Waals surface area contributed by atoms with Crippen LogP contribution in [0.3, 0.4) is 0 Å². The molecule has 4 aliphatic rings. The molecule has 1 heterocycles. The zero-order chi connectivity index (χ0) is 32.1. The summed E-state index contributed by atoms with van der Waals surface area (Å²) in [4.78, 5) is 50.0. The van der Waals surface area contributed by atoms with Crippen molar-refractivity contribution in [2.75, 3.05) is 50.9 Å². The Balaban J connectivity index is 1.32. The van der Waals surface area contributed by atoms with Gasteiger partial charge in [-0.2, -0.15) is 0 Å². The third kappa shape index (κ3) is 7.51. The average molecular weight is 636 g/mol. The monoisotopic (exact) mass is 635 g/mol. The van der Waals surface area contributed by atoms with Gasteiger partial charge in [-0.3, -0.25) is 14.4 Å². The molecular weight excluding hydrogens is 590 g/mol. The lowest BCUT2D eigenvalue weighted by atomic mass is 9.55. The molecule has 2 aromatic carbocycles. The Labute approximate surface area is 266 Å². The van der Waals surface area contributed by atoms with Gasteiger partial charge in [-0.25, -0.2) is 0 Å². The molecule has 0 aromatic heterocycles. The van der Waals surface area contributed by atoms with E-state index in [9.17, 15) is 19.5 Å². The predicted octanol–water partition coefficient (Wildman–Crippen LogP) is 4.77. The number of piperazine rings is 1. The summed E-state index contributed by atoms with van der Waals surface area (Å²) in [6, 6.07) is 16.0. The van der Waals surface area contributed by atoms with Crippen LogP contribution in [0.2, 0.25) is 25.7 Å². The van der Waals surface area contributed by atoms with Crippen LogP contribution < -0.4 is 4.90 Å². The third-order valence-corrected chi connectivity index (χ3v) is 10.7. The molecule has 242 valence electrons. The van der Waals surface area contributed by atoms with Crippen molar-refractivity contribution in [2.24, 2.45) is 17.0 Å². The van der Waals surface area contributed by atoms with E-state index in [0.29, 0.717) is 38.2 Å². The van der Waals surface area contributed by atoms with Crippen molar-refractivity contribution in [2.45, 2.75) is 57.3 Å². The van der Waals surface area contributed by atoms with E-state index < -0.39 is 43.7 Å². The molecule has 6 rings (SSSR count). The quantitative estimate of drug-likeness (QED) is 0.213. The molecule has 0 spiro atoms. The number of para-hydroxylation sites is 1. The average Bonchev–Trinajstić information content (AvgIpc) is 3.03. The van der Waals surface area contributed by atoms with Crippen molar-refractivity contribution in [3.05, 3.63) is 59.7 Å². The number of hydrogen-bond donors (Lipinski definition) is 1. The molecule has 2 bridgehead atoms. The fraction of sp³-hybridized carbons (Fsp3) is 0.529. The van der Waals surface area contributed by atoms with Gasteiger partial charge in [0.25, 0.3) is 5.91 Å². The fourth-order valence-electron chi connectivity index (χ4n) is 6.64. The standard InChI is InChI=1S/C34H45N3O7Si/c1-5-17-42-34(41)32-30-26-20-24(38)11-12-25(26)27(31(32)33(40)43-18-19-45(2,3)4)21-28(30)35-44-22-29(39)37-15-13-36(14-16-37)23-9-7-6-8-10-23/h6-12,20,27,30-32,38H,5,13-19,21-22H2,1-4H3/t27?,30-,31-,32-/m1/s1. The van der Waals surface area contributed by atoms with E-state index >= 15 is 0 Å². The molecule has 45 heavy (non-hydrogen) atoms. The molecule has 1 N–H and O–H groups in total. The number of amides is 1. The minimum atomic E-state index is -1.44. The number of nitrogens with zero attached hydrogens (tertiary/aromatic N) is 3. The molecule has 2 fully saturated rings. The molecule has 3 aliphatic carbocycles. The summed E-state index contributed by atoms with van der Waals surface area (Å²) >= 11 is 0. The number of esters is 2. The highest BCUT2D eigenvalue weighted by Gasteiger charge is 2.57. The summed E-state index contributed by atoms with van der Waals surface area (Å²) in [5.74, 6) is -3.70. The first-order valence-corrected chi connectivity index (χ1v) is 19.7. The minimum Gasteiger partial charge on any atom is -0.508 e. The molecular formula is C34H45N3O7Si. The van der Waals surface area contributed by atoms with Crippen molar-refractivity contribution in [1.82, 2.24) is 4.90 Å². The maximum absolute atomic E-state index is 13.6. The number of carbonyl (C=O) groups excluding carboxylic acids is 3. The zero-order valence-electron chi connectivity index (χ0n) is 26.7. The van der Waals surface area contributed by atoms with Crippen molar-refractivity contribution in [3.63, 3.8) is 0 Å². The van der Waals surface area contributed by atoms with Gasteiger partial charge in [0.15, 0.2) is 6.61 Å². The Hall–Kier alpha value is -3.86. The summed E-state index contributed by atoms with van der Waals surface area (Å²) in [6.45, 7) is 11.5. The number of benzene rings is 2. The summed E-state index contributed by atoms with van der Waals surface area (Å²) in [6.07, 6.45) is 1.01.